The van der Waals surface area contributed by atoms with E-state index in [9.17, 15) is 4.79 Å². The first-order chi connectivity index (χ1) is 7.59. The Balaban J connectivity index is 2.27. The van der Waals surface area contributed by atoms with Crippen LogP contribution in [0.25, 0.3) is 0 Å². The van der Waals surface area contributed by atoms with Gasteiger partial charge >= 0.3 is 5.97 Å². The monoisotopic (exact) mass is 225 g/mol. The van der Waals surface area contributed by atoms with Crippen LogP contribution in [0.2, 0.25) is 0 Å². The van der Waals surface area contributed by atoms with Gasteiger partial charge in [-0.1, -0.05) is 25.8 Å². The lowest BCUT2D eigenvalue weighted by Gasteiger charge is -2.14. The molecule has 2 atom stereocenters. The quantitative estimate of drug-likeness (QED) is 0.571. The van der Waals surface area contributed by atoms with Crippen molar-refractivity contribution in [1.82, 2.24) is 5.32 Å². The molecule has 3 heteroatoms. The van der Waals surface area contributed by atoms with Gasteiger partial charge in [-0.2, -0.15) is 0 Å². The third-order valence-corrected chi connectivity index (χ3v) is 3.41. The molecule has 1 saturated carbocycles. The summed E-state index contributed by atoms with van der Waals surface area (Å²) in [6, 6.07) is 0.572. The van der Waals surface area contributed by atoms with Crippen LogP contribution < -0.4 is 5.32 Å². The van der Waals surface area contributed by atoms with Crippen molar-refractivity contribution >= 4 is 5.97 Å². The van der Waals surface area contributed by atoms with E-state index >= 15 is 0 Å². The van der Waals surface area contributed by atoms with Gasteiger partial charge in [0.15, 0.2) is 0 Å². The summed E-state index contributed by atoms with van der Waals surface area (Å²) in [6.45, 7) is 4.63. The van der Waals surface area contributed by atoms with Crippen LogP contribution in [0.5, 0.6) is 0 Å². The van der Waals surface area contributed by atoms with Gasteiger partial charge in [-0.15, -0.1) is 0 Å². The van der Waals surface area contributed by atoms with Gasteiger partial charge in [-0.05, 0) is 32.1 Å². The van der Waals surface area contributed by atoms with Gasteiger partial charge in [0.1, 0.15) is 0 Å². The maximum Gasteiger partial charge on any atom is 0.330 e. The summed E-state index contributed by atoms with van der Waals surface area (Å²) in [4.78, 5) is 10.6. The first-order valence-corrected chi connectivity index (χ1v) is 6.23. The van der Waals surface area contributed by atoms with Crippen molar-refractivity contribution in [2.75, 3.05) is 6.54 Å². The molecule has 1 fully saturated rings. The van der Waals surface area contributed by atoms with Crippen LogP contribution in [0.3, 0.4) is 0 Å². The van der Waals surface area contributed by atoms with Crippen molar-refractivity contribution in [2.45, 2.75) is 52.0 Å². The van der Waals surface area contributed by atoms with Gasteiger partial charge < -0.3 is 10.4 Å². The van der Waals surface area contributed by atoms with E-state index in [2.05, 4.69) is 12.2 Å². The number of aliphatic carboxylic acids is 1. The fraction of sp³-hybridized carbons (Fsp3) is 0.769. The maximum absolute atomic E-state index is 10.6. The first kappa shape index (κ1) is 13.2. The molecule has 0 amide bonds. The summed E-state index contributed by atoms with van der Waals surface area (Å²) in [7, 11) is 0. The second kappa shape index (κ2) is 6.69. The molecule has 0 spiro atoms. The van der Waals surface area contributed by atoms with Crippen LogP contribution in [-0.2, 0) is 4.79 Å². The molecular formula is C13H23NO2. The van der Waals surface area contributed by atoms with E-state index in [4.69, 9.17) is 5.11 Å². The third kappa shape index (κ3) is 4.79. The number of nitrogens with one attached hydrogen (secondary N) is 1. The lowest BCUT2D eigenvalue weighted by atomic mass is 10.0. The zero-order valence-corrected chi connectivity index (χ0v) is 10.3. The number of carboxylic acids is 1. The zero-order chi connectivity index (χ0) is 12.0. The van der Waals surface area contributed by atoms with Crippen LogP contribution in [-0.4, -0.2) is 23.7 Å². The molecular weight excluding hydrogens is 202 g/mol. The van der Waals surface area contributed by atoms with Gasteiger partial charge in [0.05, 0.1) is 0 Å². The Bertz CT molecular complexity index is 261. The van der Waals surface area contributed by atoms with Crippen molar-refractivity contribution in [3.63, 3.8) is 0 Å². The molecule has 0 heterocycles. The molecule has 3 nitrogen and oxygen atoms in total. The Morgan fingerprint density at radius 1 is 1.38 bits per heavy atom. The average Bonchev–Trinajstić information content (AvgIpc) is 2.43. The van der Waals surface area contributed by atoms with Crippen LogP contribution in [0.15, 0.2) is 11.6 Å². The highest BCUT2D eigenvalue weighted by Gasteiger charge is 2.14. The third-order valence-electron chi connectivity index (χ3n) is 3.41. The molecule has 0 radical (unpaired) electrons. The lowest BCUT2D eigenvalue weighted by Crippen LogP contribution is -2.28. The smallest absolute Gasteiger partial charge is 0.330 e. The van der Waals surface area contributed by atoms with Crippen LogP contribution in [0.1, 0.15) is 46.0 Å². The highest BCUT2D eigenvalue weighted by atomic mass is 16.4. The highest BCUT2D eigenvalue weighted by Crippen LogP contribution is 2.22. The molecule has 0 aromatic rings. The van der Waals surface area contributed by atoms with E-state index in [1.54, 1.807) is 13.0 Å². The fourth-order valence-electron chi connectivity index (χ4n) is 2.16. The maximum atomic E-state index is 10.6. The standard InChI is InChI=1S/C13H23NO2/c1-10-4-3-5-12(7-6-10)14-9-8-11(2)13(15)16/h8,10,12,14H,3-7,9H2,1-2H3,(H,15,16)/b11-8-. The van der Waals surface area contributed by atoms with Crippen molar-refractivity contribution < 1.29 is 9.90 Å². The fourth-order valence-corrected chi connectivity index (χ4v) is 2.16. The van der Waals surface area contributed by atoms with E-state index in [-0.39, 0.29) is 0 Å². The molecule has 0 saturated heterocycles. The van der Waals surface area contributed by atoms with E-state index < -0.39 is 5.97 Å². The Morgan fingerprint density at radius 2 is 2.12 bits per heavy atom. The van der Waals surface area contributed by atoms with Gasteiger partial charge in [0, 0.05) is 18.2 Å². The molecule has 0 aromatic carbocycles. The first-order valence-electron chi connectivity index (χ1n) is 6.23. The Hall–Kier alpha value is -0.830. The van der Waals surface area contributed by atoms with E-state index in [0.717, 1.165) is 5.92 Å². The number of carboxylic acid groups (broad SMARTS) is 1. The molecule has 2 N–H and O–H groups in total. The van der Waals surface area contributed by atoms with Crippen LogP contribution in [0, 0.1) is 5.92 Å². The second-order valence-electron chi connectivity index (χ2n) is 4.91. The predicted molar refractivity (Wildman–Crippen MR) is 65.4 cm³/mol. The summed E-state index contributed by atoms with van der Waals surface area (Å²) in [6.07, 6.45) is 8.13. The summed E-state index contributed by atoms with van der Waals surface area (Å²) < 4.78 is 0. The van der Waals surface area contributed by atoms with Crippen molar-refractivity contribution in [1.29, 1.82) is 0 Å². The largest absolute Gasteiger partial charge is 0.478 e. The minimum absolute atomic E-state index is 0.425. The molecule has 0 bridgehead atoms. The number of hydrogen-bond acceptors (Lipinski definition) is 2. The normalized spacial score (nSPS) is 27.5. The molecule has 2 unspecified atom stereocenters. The topological polar surface area (TPSA) is 49.3 Å². The molecule has 1 aliphatic rings. The van der Waals surface area contributed by atoms with Crippen LogP contribution >= 0.6 is 0 Å². The Morgan fingerprint density at radius 3 is 2.81 bits per heavy atom. The van der Waals surface area contributed by atoms with Gasteiger partial charge in [-0.25, -0.2) is 4.79 Å². The molecule has 1 aliphatic carbocycles. The minimum atomic E-state index is -0.823. The molecule has 16 heavy (non-hydrogen) atoms. The van der Waals surface area contributed by atoms with Crippen molar-refractivity contribution in [3.05, 3.63) is 11.6 Å². The summed E-state index contributed by atoms with van der Waals surface area (Å²) in [5.41, 5.74) is 0.425. The lowest BCUT2D eigenvalue weighted by molar-refractivity contribution is -0.132. The molecule has 92 valence electrons. The molecule has 1 rings (SSSR count). The average molecular weight is 225 g/mol. The number of hydrogen-bond donors (Lipinski definition) is 2. The van der Waals surface area contributed by atoms with Gasteiger partial charge in [0.25, 0.3) is 0 Å². The predicted octanol–water partition coefficient (Wildman–Crippen LogP) is 2.58. The second-order valence-corrected chi connectivity index (χ2v) is 4.91. The van der Waals surface area contributed by atoms with E-state index in [0.29, 0.717) is 18.2 Å². The Kier molecular flexibility index (Phi) is 5.53. The van der Waals surface area contributed by atoms with E-state index in [1.807, 2.05) is 0 Å². The molecule has 0 aromatic heterocycles. The van der Waals surface area contributed by atoms with Crippen LogP contribution in [0.4, 0.5) is 0 Å². The minimum Gasteiger partial charge on any atom is -0.478 e. The van der Waals surface area contributed by atoms with Gasteiger partial charge in [0.2, 0.25) is 0 Å². The highest BCUT2D eigenvalue weighted by molar-refractivity contribution is 5.85. The van der Waals surface area contributed by atoms with Gasteiger partial charge in [-0.3, -0.25) is 0 Å². The molecule has 0 aliphatic heterocycles. The summed E-state index contributed by atoms with van der Waals surface area (Å²) in [5, 5.41) is 12.1. The summed E-state index contributed by atoms with van der Waals surface area (Å²) in [5.74, 6) is 0.0272. The summed E-state index contributed by atoms with van der Waals surface area (Å²) >= 11 is 0. The van der Waals surface area contributed by atoms with E-state index in [1.165, 1.54) is 32.1 Å². The SMILES string of the molecule is C/C(=C/CNC1CCCC(C)CC1)C(=O)O. The number of rotatable bonds is 4. The zero-order valence-electron chi connectivity index (χ0n) is 10.3. The Labute approximate surface area is 97.9 Å². The van der Waals surface area contributed by atoms with Crippen molar-refractivity contribution in [3.8, 4) is 0 Å². The van der Waals surface area contributed by atoms with Crippen molar-refractivity contribution in [2.24, 2.45) is 5.92 Å². The number of carbonyl (C=O) groups is 1.